The molecule has 1 aliphatic carbocycles. The Kier molecular flexibility index (Phi) is 6.28. The molecule has 0 saturated heterocycles. The van der Waals surface area contributed by atoms with Crippen LogP contribution in [-0.2, 0) is 0 Å². The van der Waals surface area contributed by atoms with E-state index >= 15 is 0 Å². The van der Waals surface area contributed by atoms with Crippen molar-refractivity contribution in [2.24, 2.45) is 5.92 Å². The first-order valence-electron chi connectivity index (χ1n) is 7.57. The van der Waals surface area contributed by atoms with Gasteiger partial charge in [-0.2, -0.15) is 0 Å². The molecule has 0 aromatic heterocycles. The van der Waals surface area contributed by atoms with Crippen molar-refractivity contribution in [3.8, 4) is 5.75 Å². The van der Waals surface area contributed by atoms with Crippen LogP contribution in [0, 0.1) is 5.92 Å². The van der Waals surface area contributed by atoms with E-state index in [0.717, 1.165) is 24.8 Å². The SMILES string of the molecule is COc1ccc(C(=O)NCCNCC2CC=CCC2)cc1. The van der Waals surface area contributed by atoms with Crippen molar-refractivity contribution in [3.05, 3.63) is 42.0 Å². The highest BCUT2D eigenvalue weighted by atomic mass is 16.5. The fraction of sp³-hybridized carbons (Fsp3) is 0.471. The van der Waals surface area contributed by atoms with Gasteiger partial charge in [-0.15, -0.1) is 0 Å². The third-order valence-corrected chi connectivity index (χ3v) is 3.75. The summed E-state index contributed by atoms with van der Waals surface area (Å²) in [4.78, 5) is 11.9. The normalized spacial score (nSPS) is 17.5. The molecule has 4 nitrogen and oxygen atoms in total. The van der Waals surface area contributed by atoms with Crippen LogP contribution in [0.25, 0.3) is 0 Å². The van der Waals surface area contributed by atoms with Gasteiger partial charge in [0, 0.05) is 18.7 Å². The van der Waals surface area contributed by atoms with E-state index in [0.29, 0.717) is 12.1 Å². The molecule has 2 rings (SSSR count). The van der Waals surface area contributed by atoms with Gasteiger partial charge in [0.2, 0.25) is 0 Å². The van der Waals surface area contributed by atoms with Crippen molar-refractivity contribution in [2.45, 2.75) is 19.3 Å². The van der Waals surface area contributed by atoms with Crippen molar-refractivity contribution in [1.29, 1.82) is 0 Å². The van der Waals surface area contributed by atoms with E-state index in [-0.39, 0.29) is 5.91 Å². The summed E-state index contributed by atoms with van der Waals surface area (Å²) >= 11 is 0. The van der Waals surface area contributed by atoms with Crippen LogP contribution >= 0.6 is 0 Å². The molecule has 1 amide bonds. The van der Waals surface area contributed by atoms with Gasteiger partial charge in [0.1, 0.15) is 5.75 Å². The van der Waals surface area contributed by atoms with E-state index in [1.54, 1.807) is 31.4 Å². The zero-order valence-corrected chi connectivity index (χ0v) is 12.6. The second kappa shape index (κ2) is 8.47. The van der Waals surface area contributed by atoms with Crippen LogP contribution in [0.4, 0.5) is 0 Å². The highest BCUT2D eigenvalue weighted by Crippen LogP contribution is 2.16. The second-order valence-corrected chi connectivity index (χ2v) is 5.34. The zero-order valence-electron chi connectivity index (χ0n) is 12.6. The summed E-state index contributed by atoms with van der Waals surface area (Å²) < 4.78 is 5.07. The quantitative estimate of drug-likeness (QED) is 0.598. The summed E-state index contributed by atoms with van der Waals surface area (Å²) in [6, 6.07) is 7.14. The number of amides is 1. The van der Waals surface area contributed by atoms with Crippen molar-refractivity contribution in [3.63, 3.8) is 0 Å². The molecule has 0 radical (unpaired) electrons. The molecule has 0 aliphatic heterocycles. The lowest BCUT2D eigenvalue weighted by Crippen LogP contribution is -2.34. The Hall–Kier alpha value is -1.81. The van der Waals surface area contributed by atoms with E-state index in [2.05, 4.69) is 22.8 Å². The van der Waals surface area contributed by atoms with Gasteiger partial charge in [0.05, 0.1) is 7.11 Å². The minimum Gasteiger partial charge on any atom is -0.497 e. The number of hydrogen-bond acceptors (Lipinski definition) is 3. The second-order valence-electron chi connectivity index (χ2n) is 5.34. The van der Waals surface area contributed by atoms with E-state index in [4.69, 9.17) is 4.74 Å². The maximum atomic E-state index is 11.9. The highest BCUT2D eigenvalue weighted by Gasteiger charge is 2.09. The number of benzene rings is 1. The Bertz CT molecular complexity index is 468. The third-order valence-electron chi connectivity index (χ3n) is 3.75. The third kappa shape index (κ3) is 5.23. The van der Waals surface area contributed by atoms with Crippen LogP contribution in [0.15, 0.2) is 36.4 Å². The van der Waals surface area contributed by atoms with Crippen molar-refractivity contribution in [1.82, 2.24) is 10.6 Å². The van der Waals surface area contributed by atoms with E-state index < -0.39 is 0 Å². The van der Waals surface area contributed by atoms with Crippen LogP contribution in [-0.4, -0.2) is 32.7 Å². The molecule has 4 heteroatoms. The average molecular weight is 288 g/mol. The number of methoxy groups -OCH3 is 1. The summed E-state index contributed by atoms with van der Waals surface area (Å²) in [7, 11) is 1.61. The Morgan fingerprint density at radius 1 is 1.24 bits per heavy atom. The number of nitrogens with one attached hydrogen (secondary N) is 2. The zero-order chi connectivity index (χ0) is 14.9. The van der Waals surface area contributed by atoms with E-state index in [9.17, 15) is 4.79 Å². The molecule has 114 valence electrons. The van der Waals surface area contributed by atoms with Gasteiger partial charge in [-0.25, -0.2) is 0 Å². The monoisotopic (exact) mass is 288 g/mol. The minimum atomic E-state index is -0.0416. The topological polar surface area (TPSA) is 50.4 Å². The minimum absolute atomic E-state index is 0.0416. The molecule has 0 spiro atoms. The molecule has 0 heterocycles. The summed E-state index contributed by atoms with van der Waals surface area (Å²) in [5.41, 5.74) is 0.660. The van der Waals surface area contributed by atoms with E-state index in [1.165, 1.54) is 19.3 Å². The smallest absolute Gasteiger partial charge is 0.251 e. The maximum Gasteiger partial charge on any atom is 0.251 e. The Balaban J connectivity index is 1.61. The number of allylic oxidation sites excluding steroid dienone is 2. The van der Waals surface area contributed by atoms with Crippen molar-refractivity contribution in [2.75, 3.05) is 26.7 Å². The highest BCUT2D eigenvalue weighted by molar-refractivity contribution is 5.94. The number of ether oxygens (including phenoxy) is 1. The molecular weight excluding hydrogens is 264 g/mol. The molecular formula is C17H24N2O2. The molecule has 0 fully saturated rings. The number of carbonyl (C=O) groups excluding carboxylic acids is 1. The number of rotatable bonds is 7. The lowest BCUT2D eigenvalue weighted by molar-refractivity contribution is 0.0954. The van der Waals surface area contributed by atoms with Gasteiger partial charge in [-0.05, 0) is 56.0 Å². The lowest BCUT2D eigenvalue weighted by atomic mass is 9.94. The Labute approximate surface area is 126 Å². The first-order valence-corrected chi connectivity index (χ1v) is 7.57. The fourth-order valence-electron chi connectivity index (χ4n) is 2.46. The summed E-state index contributed by atoms with van der Waals surface area (Å²) in [6.07, 6.45) is 8.15. The summed E-state index contributed by atoms with van der Waals surface area (Å²) in [5.74, 6) is 1.46. The number of hydrogen-bond donors (Lipinski definition) is 2. The Morgan fingerprint density at radius 3 is 2.71 bits per heavy atom. The predicted octanol–water partition coefficient (Wildman–Crippen LogP) is 2.37. The number of carbonyl (C=O) groups is 1. The molecule has 1 unspecified atom stereocenters. The van der Waals surface area contributed by atoms with Gasteiger partial charge in [0.25, 0.3) is 5.91 Å². The molecule has 1 aliphatic rings. The van der Waals surface area contributed by atoms with Crippen LogP contribution in [0.5, 0.6) is 5.75 Å². The van der Waals surface area contributed by atoms with Gasteiger partial charge >= 0.3 is 0 Å². The van der Waals surface area contributed by atoms with Gasteiger partial charge in [-0.3, -0.25) is 4.79 Å². The Morgan fingerprint density at radius 2 is 2.05 bits per heavy atom. The molecule has 2 N–H and O–H groups in total. The molecule has 1 aromatic rings. The maximum absolute atomic E-state index is 11.9. The largest absolute Gasteiger partial charge is 0.497 e. The van der Waals surface area contributed by atoms with Crippen molar-refractivity contribution >= 4 is 5.91 Å². The van der Waals surface area contributed by atoms with Crippen LogP contribution in [0.3, 0.4) is 0 Å². The molecule has 0 bridgehead atoms. The van der Waals surface area contributed by atoms with Crippen LogP contribution in [0.2, 0.25) is 0 Å². The first kappa shape index (κ1) is 15.6. The predicted molar refractivity (Wildman–Crippen MR) is 84.7 cm³/mol. The van der Waals surface area contributed by atoms with Crippen molar-refractivity contribution < 1.29 is 9.53 Å². The molecule has 0 saturated carbocycles. The molecule has 21 heavy (non-hydrogen) atoms. The van der Waals surface area contributed by atoms with E-state index in [1.807, 2.05) is 0 Å². The van der Waals surface area contributed by atoms with Gasteiger partial charge in [-0.1, -0.05) is 12.2 Å². The molecule has 1 aromatic carbocycles. The lowest BCUT2D eigenvalue weighted by Gasteiger charge is -2.18. The van der Waals surface area contributed by atoms with Crippen LogP contribution in [0.1, 0.15) is 29.6 Å². The summed E-state index contributed by atoms with van der Waals surface area (Å²) in [5, 5.41) is 6.33. The van der Waals surface area contributed by atoms with Gasteiger partial charge < -0.3 is 15.4 Å². The standard InChI is InChI=1S/C17H24N2O2/c1-21-16-9-7-15(8-10-16)17(20)19-12-11-18-13-14-5-3-2-4-6-14/h2-3,7-10,14,18H,4-6,11-13H2,1H3,(H,19,20). The fourth-order valence-corrected chi connectivity index (χ4v) is 2.46. The average Bonchev–Trinajstić information content (AvgIpc) is 2.55. The summed E-state index contributed by atoms with van der Waals surface area (Å²) in [6.45, 7) is 2.48. The van der Waals surface area contributed by atoms with Gasteiger partial charge in [0.15, 0.2) is 0 Å². The van der Waals surface area contributed by atoms with Crippen LogP contribution < -0.4 is 15.4 Å². The first-order chi connectivity index (χ1) is 10.3. The molecule has 1 atom stereocenters.